The molecule has 1 aliphatic carbocycles. The first-order valence-electron chi connectivity index (χ1n) is 6.13. The van der Waals surface area contributed by atoms with E-state index in [1.807, 2.05) is 0 Å². The molecule has 0 bridgehead atoms. The molecule has 0 amide bonds. The van der Waals surface area contributed by atoms with Crippen LogP contribution in [0.1, 0.15) is 30.1 Å². The van der Waals surface area contributed by atoms with Crippen LogP contribution >= 0.6 is 0 Å². The van der Waals surface area contributed by atoms with E-state index in [1.54, 1.807) is 19.1 Å². The molecule has 1 fully saturated rings. The van der Waals surface area contributed by atoms with Gasteiger partial charge in [-0.3, -0.25) is 9.59 Å². The normalized spacial score (nSPS) is 22.1. The summed E-state index contributed by atoms with van der Waals surface area (Å²) in [5, 5.41) is 9.17. The molecule has 2 unspecified atom stereocenters. The molecule has 96 valence electrons. The lowest BCUT2D eigenvalue weighted by molar-refractivity contribution is -0.153. The Morgan fingerprint density at radius 1 is 1.22 bits per heavy atom. The molecule has 1 aliphatic rings. The largest absolute Gasteiger partial charge is 0.508 e. The van der Waals surface area contributed by atoms with Crippen molar-refractivity contribution in [1.82, 2.24) is 0 Å². The molecule has 4 heteroatoms. The molecule has 0 spiro atoms. The van der Waals surface area contributed by atoms with E-state index in [4.69, 9.17) is 4.74 Å². The quantitative estimate of drug-likeness (QED) is 0.655. The zero-order chi connectivity index (χ0) is 13.1. The van der Waals surface area contributed by atoms with Crippen molar-refractivity contribution >= 4 is 11.8 Å². The topological polar surface area (TPSA) is 63.6 Å². The lowest BCUT2D eigenvalue weighted by Gasteiger charge is -2.33. The molecule has 0 aromatic heterocycles. The number of carbonyl (C=O) groups is 2. The van der Waals surface area contributed by atoms with Crippen LogP contribution in [-0.2, 0) is 9.53 Å². The molecule has 1 aromatic rings. The van der Waals surface area contributed by atoms with Gasteiger partial charge in [0, 0.05) is 11.5 Å². The van der Waals surface area contributed by atoms with E-state index in [1.165, 1.54) is 12.1 Å². The molecule has 1 N–H and O–H groups in total. The van der Waals surface area contributed by atoms with Gasteiger partial charge in [0.15, 0.2) is 5.78 Å². The molecule has 18 heavy (non-hydrogen) atoms. The number of rotatable bonds is 4. The van der Waals surface area contributed by atoms with Crippen molar-refractivity contribution in [1.29, 1.82) is 0 Å². The molecule has 1 aromatic carbocycles. The number of phenolic OH excluding ortho intramolecular Hbond substituents is 1. The number of esters is 1. The van der Waals surface area contributed by atoms with Crippen LogP contribution in [0.15, 0.2) is 24.3 Å². The maximum atomic E-state index is 12.2. The fraction of sp³-hybridized carbons (Fsp3) is 0.429. The van der Waals surface area contributed by atoms with E-state index in [-0.39, 0.29) is 29.3 Å². The Hall–Kier alpha value is -1.84. The third kappa shape index (κ3) is 2.37. The SMILES string of the molecule is CCOC(=O)C1CCC1C(=O)c1ccc(O)cc1. The van der Waals surface area contributed by atoms with Gasteiger partial charge in [-0.05, 0) is 44.0 Å². The molecule has 0 heterocycles. The number of phenols is 1. The zero-order valence-corrected chi connectivity index (χ0v) is 10.3. The number of aromatic hydroxyl groups is 1. The standard InChI is InChI=1S/C14H16O4/c1-2-18-14(17)12-8-7-11(12)13(16)9-3-5-10(15)6-4-9/h3-6,11-12,15H,2,7-8H2,1H3. The highest BCUT2D eigenvalue weighted by atomic mass is 16.5. The smallest absolute Gasteiger partial charge is 0.309 e. The minimum atomic E-state index is -0.300. The van der Waals surface area contributed by atoms with Gasteiger partial charge < -0.3 is 9.84 Å². The molecule has 2 rings (SSSR count). The molecule has 0 saturated heterocycles. The molecule has 4 nitrogen and oxygen atoms in total. The summed E-state index contributed by atoms with van der Waals surface area (Å²) in [6, 6.07) is 6.12. The maximum Gasteiger partial charge on any atom is 0.309 e. The summed E-state index contributed by atoms with van der Waals surface area (Å²) in [6.45, 7) is 2.10. The predicted octanol–water partition coefficient (Wildman–Crippen LogP) is 2.16. The molecule has 1 saturated carbocycles. The van der Waals surface area contributed by atoms with Gasteiger partial charge in [-0.2, -0.15) is 0 Å². The van der Waals surface area contributed by atoms with Crippen molar-refractivity contribution in [2.24, 2.45) is 11.8 Å². The van der Waals surface area contributed by atoms with E-state index in [9.17, 15) is 14.7 Å². The van der Waals surface area contributed by atoms with Crippen molar-refractivity contribution in [3.05, 3.63) is 29.8 Å². The maximum absolute atomic E-state index is 12.2. The van der Waals surface area contributed by atoms with Gasteiger partial charge in [0.05, 0.1) is 12.5 Å². The van der Waals surface area contributed by atoms with Crippen LogP contribution in [0.4, 0.5) is 0 Å². The van der Waals surface area contributed by atoms with Gasteiger partial charge in [-0.25, -0.2) is 0 Å². The highest BCUT2D eigenvalue weighted by molar-refractivity contribution is 6.01. The lowest BCUT2D eigenvalue weighted by atomic mass is 9.70. The lowest BCUT2D eigenvalue weighted by Crippen LogP contribution is -2.39. The number of ketones is 1. The number of benzene rings is 1. The van der Waals surface area contributed by atoms with Gasteiger partial charge in [0.1, 0.15) is 5.75 Å². The number of hydrogen-bond donors (Lipinski definition) is 1. The second kappa shape index (κ2) is 5.21. The summed E-state index contributed by atoms with van der Waals surface area (Å²) in [4.78, 5) is 23.8. The number of Topliss-reactive ketones (excluding diaryl/α,β-unsaturated/α-hetero) is 1. The Labute approximate surface area is 106 Å². The van der Waals surface area contributed by atoms with Crippen molar-refractivity contribution in [3.63, 3.8) is 0 Å². The number of ether oxygens (including phenoxy) is 1. The van der Waals surface area contributed by atoms with Crippen molar-refractivity contribution < 1.29 is 19.4 Å². The van der Waals surface area contributed by atoms with E-state index in [0.717, 1.165) is 6.42 Å². The van der Waals surface area contributed by atoms with E-state index < -0.39 is 0 Å². The summed E-state index contributed by atoms with van der Waals surface area (Å²) < 4.78 is 4.95. The van der Waals surface area contributed by atoms with Gasteiger partial charge in [0.2, 0.25) is 0 Å². The Bertz CT molecular complexity index is 449. The summed E-state index contributed by atoms with van der Waals surface area (Å²) in [5.41, 5.74) is 0.534. The van der Waals surface area contributed by atoms with Gasteiger partial charge >= 0.3 is 5.97 Å². The third-order valence-electron chi connectivity index (χ3n) is 3.35. The number of carbonyl (C=O) groups excluding carboxylic acids is 2. The molecule has 0 radical (unpaired) electrons. The fourth-order valence-electron chi connectivity index (χ4n) is 2.19. The Morgan fingerprint density at radius 2 is 1.83 bits per heavy atom. The van der Waals surface area contributed by atoms with E-state index in [0.29, 0.717) is 18.6 Å². The first-order chi connectivity index (χ1) is 8.63. The summed E-state index contributed by atoms with van der Waals surface area (Å²) in [6.07, 6.45) is 1.44. The Kier molecular flexibility index (Phi) is 3.65. The highest BCUT2D eigenvalue weighted by Crippen LogP contribution is 2.37. The monoisotopic (exact) mass is 248 g/mol. The minimum Gasteiger partial charge on any atom is -0.508 e. The van der Waals surface area contributed by atoms with Crippen molar-refractivity contribution in [2.45, 2.75) is 19.8 Å². The van der Waals surface area contributed by atoms with Crippen molar-refractivity contribution in [2.75, 3.05) is 6.61 Å². The van der Waals surface area contributed by atoms with Crippen molar-refractivity contribution in [3.8, 4) is 5.75 Å². The van der Waals surface area contributed by atoms with Crippen LogP contribution in [0.2, 0.25) is 0 Å². The van der Waals surface area contributed by atoms with Gasteiger partial charge in [-0.15, -0.1) is 0 Å². The third-order valence-corrected chi connectivity index (χ3v) is 3.35. The van der Waals surface area contributed by atoms with Gasteiger partial charge in [-0.1, -0.05) is 0 Å². The van der Waals surface area contributed by atoms with Crippen LogP contribution in [0, 0.1) is 11.8 Å². The summed E-state index contributed by atoms with van der Waals surface area (Å²) >= 11 is 0. The molecule has 2 atom stereocenters. The zero-order valence-electron chi connectivity index (χ0n) is 10.3. The first kappa shape index (κ1) is 12.6. The van der Waals surface area contributed by atoms with Crippen LogP contribution in [0.5, 0.6) is 5.75 Å². The predicted molar refractivity (Wildman–Crippen MR) is 65.3 cm³/mol. The highest BCUT2D eigenvalue weighted by Gasteiger charge is 2.42. The summed E-state index contributed by atoms with van der Waals surface area (Å²) in [5.74, 6) is -0.762. The van der Waals surface area contributed by atoms with Crippen LogP contribution in [0.3, 0.4) is 0 Å². The second-order valence-corrected chi connectivity index (χ2v) is 4.45. The second-order valence-electron chi connectivity index (χ2n) is 4.45. The summed E-state index contributed by atoms with van der Waals surface area (Å²) in [7, 11) is 0. The Morgan fingerprint density at radius 3 is 2.33 bits per heavy atom. The van der Waals surface area contributed by atoms with Gasteiger partial charge in [0.25, 0.3) is 0 Å². The fourth-order valence-corrected chi connectivity index (χ4v) is 2.19. The van der Waals surface area contributed by atoms with Crippen LogP contribution in [-0.4, -0.2) is 23.5 Å². The molecule has 0 aliphatic heterocycles. The van der Waals surface area contributed by atoms with Crippen LogP contribution in [0.25, 0.3) is 0 Å². The Balaban J connectivity index is 2.06. The van der Waals surface area contributed by atoms with E-state index in [2.05, 4.69) is 0 Å². The average molecular weight is 248 g/mol. The van der Waals surface area contributed by atoms with Crippen LogP contribution < -0.4 is 0 Å². The molecular weight excluding hydrogens is 232 g/mol. The molecular formula is C14H16O4. The first-order valence-corrected chi connectivity index (χ1v) is 6.13. The van der Waals surface area contributed by atoms with E-state index >= 15 is 0 Å². The number of hydrogen-bond acceptors (Lipinski definition) is 4. The average Bonchev–Trinajstić information content (AvgIpc) is 2.28. The minimum absolute atomic E-state index is 0.0423.